The fourth-order valence-electron chi connectivity index (χ4n) is 1.68. The summed E-state index contributed by atoms with van der Waals surface area (Å²) in [4.78, 5) is 11.9. The number of aryl methyl sites for hydroxylation is 2. The van der Waals surface area contributed by atoms with Gasteiger partial charge in [0.25, 0.3) is 0 Å². The number of halogens is 2. The SMILES string of the molecule is CCn1cc(Br)c(CNC(=O)Cn2cc(Br)c(C)n2)n1. The zero-order valence-corrected chi connectivity index (χ0v) is 14.4. The highest BCUT2D eigenvalue weighted by molar-refractivity contribution is 9.10. The van der Waals surface area contributed by atoms with Crippen molar-refractivity contribution in [3.63, 3.8) is 0 Å². The molecule has 8 heteroatoms. The monoisotopic (exact) mass is 403 g/mol. The molecule has 0 fully saturated rings. The van der Waals surface area contributed by atoms with Crippen LogP contribution in [0.2, 0.25) is 0 Å². The molecular formula is C12H15Br2N5O. The lowest BCUT2D eigenvalue weighted by molar-refractivity contribution is -0.122. The van der Waals surface area contributed by atoms with Gasteiger partial charge in [0.2, 0.25) is 5.91 Å². The zero-order chi connectivity index (χ0) is 14.7. The quantitative estimate of drug-likeness (QED) is 0.831. The van der Waals surface area contributed by atoms with Gasteiger partial charge < -0.3 is 5.32 Å². The van der Waals surface area contributed by atoms with Crippen LogP contribution in [0, 0.1) is 6.92 Å². The van der Waals surface area contributed by atoms with Crippen LogP contribution in [0.15, 0.2) is 21.3 Å². The highest BCUT2D eigenvalue weighted by Crippen LogP contribution is 2.15. The molecule has 0 bridgehead atoms. The van der Waals surface area contributed by atoms with Crippen molar-refractivity contribution in [3.8, 4) is 0 Å². The van der Waals surface area contributed by atoms with Crippen LogP contribution < -0.4 is 5.32 Å². The Morgan fingerprint density at radius 2 is 1.95 bits per heavy atom. The fraction of sp³-hybridized carbons (Fsp3) is 0.417. The predicted molar refractivity (Wildman–Crippen MR) is 82.1 cm³/mol. The largest absolute Gasteiger partial charge is 0.349 e. The lowest BCUT2D eigenvalue weighted by Gasteiger charge is -2.04. The molecule has 0 spiro atoms. The standard InChI is InChI=1S/C12H15Br2N5O/c1-3-18-6-10(14)11(17-18)4-15-12(20)7-19-5-9(13)8(2)16-19/h5-6H,3-4,7H2,1-2H3,(H,15,20). The second kappa shape index (κ2) is 6.53. The van der Waals surface area contributed by atoms with Gasteiger partial charge in [-0.25, -0.2) is 0 Å². The van der Waals surface area contributed by atoms with Crippen LogP contribution in [0.3, 0.4) is 0 Å². The maximum Gasteiger partial charge on any atom is 0.242 e. The van der Waals surface area contributed by atoms with E-state index in [4.69, 9.17) is 0 Å². The lowest BCUT2D eigenvalue weighted by Crippen LogP contribution is -2.27. The minimum Gasteiger partial charge on any atom is -0.349 e. The molecule has 0 saturated heterocycles. The summed E-state index contributed by atoms with van der Waals surface area (Å²) in [5.74, 6) is -0.0991. The summed E-state index contributed by atoms with van der Waals surface area (Å²) in [5, 5.41) is 11.4. The highest BCUT2D eigenvalue weighted by Gasteiger charge is 2.09. The number of nitrogens with zero attached hydrogens (tertiary/aromatic N) is 4. The molecule has 0 aliphatic rings. The molecule has 6 nitrogen and oxygen atoms in total. The van der Waals surface area contributed by atoms with Crippen LogP contribution in [-0.2, 0) is 24.4 Å². The Hall–Kier alpha value is -1.15. The Bertz CT molecular complexity index is 600. The summed E-state index contributed by atoms with van der Waals surface area (Å²) in [6.45, 7) is 5.28. The second-order valence-corrected chi connectivity index (χ2v) is 6.02. The third-order valence-electron chi connectivity index (χ3n) is 2.76. The molecule has 0 aromatic carbocycles. The molecular weight excluding hydrogens is 390 g/mol. The average molecular weight is 405 g/mol. The van der Waals surface area contributed by atoms with E-state index >= 15 is 0 Å². The first-order valence-corrected chi connectivity index (χ1v) is 7.76. The average Bonchev–Trinajstić information content (AvgIpc) is 2.90. The number of hydrogen-bond donors (Lipinski definition) is 1. The smallest absolute Gasteiger partial charge is 0.242 e. The van der Waals surface area contributed by atoms with Crippen LogP contribution in [0.25, 0.3) is 0 Å². The van der Waals surface area contributed by atoms with E-state index in [0.717, 1.165) is 26.9 Å². The minimum atomic E-state index is -0.0991. The van der Waals surface area contributed by atoms with Gasteiger partial charge in [-0.05, 0) is 45.7 Å². The van der Waals surface area contributed by atoms with Crippen LogP contribution >= 0.6 is 31.9 Å². The van der Waals surface area contributed by atoms with E-state index < -0.39 is 0 Å². The molecule has 0 unspecified atom stereocenters. The fourth-order valence-corrected chi connectivity index (χ4v) is 2.45. The summed E-state index contributed by atoms with van der Waals surface area (Å²) in [5.41, 5.74) is 1.68. The van der Waals surface area contributed by atoms with Crippen molar-refractivity contribution in [2.24, 2.45) is 0 Å². The van der Waals surface area contributed by atoms with E-state index in [1.807, 2.05) is 24.7 Å². The molecule has 2 rings (SSSR count). The van der Waals surface area contributed by atoms with E-state index in [2.05, 4.69) is 47.4 Å². The number of carbonyl (C=O) groups is 1. The van der Waals surface area contributed by atoms with Crippen LogP contribution in [0.1, 0.15) is 18.3 Å². The van der Waals surface area contributed by atoms with Gasteiger partial charge in [-0.1, -0.05) is 0 Å². The summed E-state index contributed by atoms with van der Waals surface area (Å²) >= 11 is 6.80. The summed E-state index contributed by atoms with van der Waals surface area (Å²) in [6, 6.07) is 0. The maximum absolute atomic E-state index is 11.9. The van der Waals surface area contributed by atoms with Gasteiger partial charge in [-0.2, -0.15) is 10.2 Å². The Morgan fingerprint density at radius 3 is 2.50 bits per heavy atom. The third kappa shape index (κ3) is 3.69. The Balaban J connectivity index is 1.90. The molecule has 0 radical (unpaired) electrons. The molecule has 0 aliphatic heterocycles. The first-order valence-electron chi connectivity index (χ1n) is 6.17. The van der Waals surface area contributed by atoms with Gasteiger partial charge in [0.15, 0.2) is 0 Å². The van der Waals surface area contributed by atoms with Gasteiger partial charge in [0.05, 0.1) is 26.9 Å². The third-order valence-corrected chi connectivity index (χ3v) is 4.20. The number of carbonyl (C=O) groups excluding carboxylic acids is 1. The van der Waals surface area contributed by atoms with E-state index in [0.29, 0.717) is 6.54 Å². The maximum atomic E-state index is 11.9. The Morgan fingerprint density at radius 1 is 1.25 bits per heavy atom. The van der Waals surface area contributed by atoms with E-state index in [1.165, 1.54) is 0 Å². The lowest BCUT2D eigenvalue weighted by atomic mass is 10.4. The van der Waals surface area contributed by atoms with Crippen molar-refractivity contribution < 1.29 is 4.79 Å². The van der Waals surface area contributed by atoms with Crippen molar-refractivity contribution in [2.75, 3.05) is 0 Å². The van der Waals surface area contributed by atoms with Crippen LogP contribution in [0.5, 0.6) is 0 Å². The summed E-state index contributed by atoms with van der Waals surface area (Å²) < 4.78 is 5.22. The van der Waals surface area contributed by atoms with E-state index in [1.54, 1.807) is 10.9 Å². The molecule has 20 heavy (non-hydrogen) atoms. The van der Waals surface area contributed by atoms with E-state index in [9.17, 15) is 4.79 Å². The molecule has 0 aliphatic carbocycles. The minimum absolute atomic E-state index is 0.0991. The number of nitrogens with one attached hydrogen (secondary N) is 1. The van der Waals surface area contributed by atoms with Gasteiger partial charge >= 0.3 is 0 Å². The molecule has 1 amide bonds. The topological polar surface area (TPSA) is 64.7 Å². The number of amides is 1. The predicted octanol–water partition coefficient (Wildman–Crippen LogP) is 2.25. The number of aromatic nitrogens is 4. The normalized spacial score (nSPS) is 10.8. The van der Waals surface area contributed by atoms with Crippen LogP contribution in [-0.4, -0.2) is 25.5 Å². The van der Waals surface area contributed by atoms with Crippen molar-refractivity contribution in [2.45, 2.75) is 33.5 Å². The van der Waals surface area contributed by atoms with Gasteiger partial charge in [0, 0.05) is 18.9 Å². The molecule has 0 atom stereocenters. The summed E-state index contributed by atoms with van der Waals surface area (Å²) in [6.07, 6.45) is 3.69. The molecule has 108 valence electrons. The molecule has 2 aromatic rings. The van der Waals surface area contributed by atoms with Crippen LogP contribution in [0.4, 0.5) is 0 Å². The molecule has 2 aromatic heterocycles. The van der Waals surface area contributed by atoms with Gasteiger partial charge in [0.1, 0.15) is 6.54 Å². The van der Waals surface area contributed by atoms with Crippen molar-refractivity contribution in [1.82, 2.24) is 24.9 Å². The summed E-state index contributed by atoms with van der Waals surface area (Å²) in [7, 11) is 0. The van der Waals surface area contributed by atoms with Crippen molar-refractivity contribution in [1.29, 1.82) is 0 Å². The number of rotatable bonds is 5. The first-order chi connectivity index (χ1) is 9.49. The van der Waals surface area contributed by atoms with Gasteiger partial charge in [-0.15, -0.1) is 0 Å². The second-order valence-electron chi connectivity index (χ2n) is 4.32. The molecule has 1 N–H and O–H groups in total. The zero-order valence-electron chi connectivity index (χ0n) is 11.2. The Kier molecular flexibility index (Phi) is 4.98. The van der Waals surface area contributed by atoms with Gasteiger partial charge in [-0.3, -0.25) is 14.2 Å². The Labute approximate surface area is 133 Å². The molecule has 0 saturated carbocycles. The van der Waals surface area contributed by atoms with E-state index in [-0.39, 0.29) is 12.5 Å². The first kappa shape index (κ1) is 15.2. The molecule has 2 heterocycles. The van der Waals surface area contributed by atoms with Crippen molar-refractivity contribution in [3.05, 3.63) is 32.7 Å². The highest BCUT2D eigenvalue weighted by atomic mass is 79.9. The van der Waals surface area contributed by atoms with Crippen molar-refractivity contribution >= 4 is 37.8 Å². The number of hydrogen-bond acceptors (Lipinski definition) is 3.